The maximum absolute atomic E-state index is 14.1. The first-order valence-electron chi connectivity index (χ1n) is 12.6. The lowest BCUT2D eigenvalue weighted by Gasteiger charge is -2.46. The maximum Gasteiger partial charge on any atom is 0.408 e. The summed E-state index contributed by atoms with van der Waals surface area (Å²) in [5.41, 5.74) is 1.07. The zero-order valence-corrected chi connectivity index (χ0v) is 23.1. The summed E-state index contributed by atoms with van der Waals surface area (Å²) in [4.78, 5) is 40.6. The van der Waals surface area contributed by atoms with Gasteiger partial charge in [0.05, 0.1) is 0 Å². The number of halogens is 4. The minimum atomic E-state index is -4.76. The molecule has 2 aromatic carbocycles. The number of esters is 1. The normalized spacial score (nSPS) is 17.4. The van der Waals surface area contributed by atoms with Gasteiger partial charge in [0.2, 0.25) is 11.2 Å². The summed E-state index contributed by atoms with van der Waals surface area (Å²) in [6.07, 6.45) is -3.06. The van der Waals surface area contributed by atoms with Gasteiger partial charge in [-0.15, -0.1) is 11.8 Å². The number of pyridine rings is 1. The van der Waals surface area contributed by atoms with E-state index in [0.717, 1.165) is 29.0 Å². The molecule has 3 heterocycles. The van der Waals surface area contributed by atoms with Gasteiger partial charge in [0.15, 0.2) is 5.69 Å². The first-order chi connectivity index (χ1) is 19.0. The maximum atomic E-state index is 14.1. The average Bonchev–Trinajstić information content (AvgIpc) is 3.07. The van der Waals surface area contributed by atoms with Crippen LogP contribution in [0.5, 0.6) is 5.75 Å². The van der Waals surface area contributed by atoms with Crippen molar-refractivity contribution in [1.82, 2.24) is 9.58 Å². The molecule has 40 heavy (non-hydrogen) atoms. The van der Waals surface area contributed by atoms with Crippen molar-refractivity contribution < 1.29 is 27.5 Å². The Hall–Kier alpha value is -3.44. The standard InChI is InChI=1S/C28H25ClF3N3O4S/c1-3-7-22(37)39-26-20(36)12-13-34-25(26)27(38)33(16(2)28(30,31)32)15-35(34)24-18-9-4-5-11-21(18)40-14-17-8-6-10-19(29)23(17)24/h4-6,8-13,16,24H,3,7,14-15H2,1-2H3/t16-,24-/m1/s1. The van der Waals surface area contributed by atoms with Crippen LogP contribution in [0.1, 0.15) is 59.9 Å². The van der Waals surface area contributed by atoms with Gasteiger partial charge in [-0.25, -0.2) is 0 Å². The number of thioether (sulfide) groups is 1. The summed E-state index contributed by atoms with van der Waals surface area (Å²) in [5, 5.41) is 1.97. The summed E-state index contributed by atoms with van der Waals surface area (Å²) in [5.74, 6) is -1.88. The van der Waals surface area contributed by atoms with E-state index in [1.807, 2.05) is 36.4 Å². The third-order valence-electron chi connectivity index (χ3n) is 7.00. The minimum Gasteiger partial charge on any atom is -0.420 e. The number of fused-ring (bicyclic) bond motifs is 3. The van der Waals surface area contributed by atoms with Gasteiger partial charge in [-0.05, 0) is 36.6 Å². The molecule has 1 aromatic heterocycles. The topological polar surface area (TPSA) is 71.8 Å². The molecule has 12 heteroatoms. The molecule has 0 aliphatic carbocycles. The lowest BCUT2D eigenvalue weighted by Crippen LogP contribution is -2.60. The van der Waals surface area contributed by atoms with Gasteiger partial charge >= 0.3 is 12.1 Å². The third kappa shape index (κ3) is 4.96. The molecule has 0 radical (unpaired) electrons. The Bertz CT molecular complexity index is 1540. The Morgan fingerprint density at radius 1 is 1.15 bits per heavy atom. The van der Waals surface area contributed by atoms with Crippen molar-refractivity contribution in [3.63, 3.8) is 0 Å². The largest absolute Gasteiger partial charge is 0.420 e. The number of carbonyl (C=O) groups is 2. The summed E-state index contributed by atoms with van der Waals surface area (Å²) >= 11 is 8.32. The van der Waals surface area contributed by atoms with E-state index in [2.05, 4.69) is 0 Å². The van der Waals surface area contributed by atoms with E-state index in [-0.39, 0.29) is 6.42 Å². The van der Waals surface area contributed by atoms with E-state index >= 15 is 0 Å². The minimum absolute atomic E-state index is 0.0371. The molecule has 0 bridgehead atoms. The fourth-order valence-electron chi connectivity index (χ4n) is 4.96. The first-order valence-corrected chi connectivity index (χ1v) is 14.0. The highest BCUT2D eigenvalue weighted by Gasteiger charge is 2.48. The van der Waals surface area contributed by atoms with Crippen LogP contribution in [0.3, 0.4) is 0 Å². The van der Waals surface area contributed by atoms with Gasteiger partial charge < -0.3 is 9.64 Å². The lowest BCUT2D eigenvalue weighted by atomic mass is 9.94. The molecular weight excluding hydrogens is 567 g/mol. The number of alkyl halides is 3. The van der Waals surface area contributed by atoms with Gasteiger partial charge in [0, 0.05) is 39.9 Å². The molecule has 5 rings (SSSR count). The highest BCUT2D eigenvalue weighted by atomic mass is 35.5. The van der Waals surface area contributed by atoms with Crippen LogP contribution in [0.25, 0.3) is 0 Å². The number of aromatic nitrogens is 1. The second kappa shape index (κ2) is 10.9. The second-order valence-electron chi connectivity index (χ2n) is 9.54. The number of benzene rings is 2. The van der Waals surface area contributed by atoms with Gasteiger partial charge in [0.1, 0.15) is 18.8 Å². The Morgan fingerprint density at radius 3 is 2.62 bits per heavy atom. The number of rotatable bonds is 5. The molecule has 0 unspecified atom stereocenters. The number of hydrogen-bond donors (Lipinski definition) is 0. The molecule has 2 aliphatic heterocycles. The molecular formula is C28H25ClF3N3O4S. The van der Waals surface area contributed by atoms with E-state index in [9.17, 15) is 27.6 Å². The zero-order chi connectivity index (χ0) is 28.8. The number of amides is 1. The molecule has 2 aliphatic rings. The predicted molar refractivity (Wildman–Crippen MR) is 145 cm³/mol. The van der Waals surface area contributed by atoms with E-state index in [1.54, 1.807) is 29.8 Å². The fraction of sp³-hybridized carbons (Fsp3) is 0.321. The molecule has 7 nitrogen and oxygen atoms in total. The fourth-order valence-corrected chi connectivity index (χ4v) is 6.35. The van der Waals surface area contributed by atoms with Crippen molar-refractivity contribution in [2.75, 3.05) is 11.7 Å². The zero-order valence-electron chi connectivity index (χ0n) is 21.6. The summed E-state index contributed by atoms with van der Waals surface area (Å²) in [6, 6.07) is 11.1. The average molecular weight is 592 g/mol. The van der Waals surface area contributed by atoms with Crippen molar-refractivity contribution in [2.45, 2.75) is 55.6 Å². The molecule has 0 saturated carbocycles. The van der Waals surface area contributed by atoms with Crippen LogP contribution in [0.4, 0.5) is 13.2 Å². The highest BCUT2D eigenvalue weighted by Crippen LogP contribution is 2.45. The van der Waals surface area contributed by atoms with Crippen LogP contribution < -0.4 is 15.2 Å². The molecule has 1 amide bonds. The van der Waals surface area contributed by atoms with Crippen LogP contribution in [0.15, 0.2) is 64.4 Å². The molecule has 210 valence electrons. The second-order valence-corrected chi connectivity index (χ2v) is 11.0. The number of ether oxygens (including phenoxy) is 1. The monoisotopic (exact) mass is 591 g/mol. The smallest absolute Gasteiger partial charge is 0.408 e. The molecule has 0 N–H and O–H groups in total. The Kier molecular flexibility index (Phi) is 7.62. The number of carbonyl (C=O) groups excluding carboxylic acids is 2. The van der Waals surface area contributed by atoms with E-state index in [1.165, 1.54) is 10.9 Å². The summed E-state index contributed by atoms with van der Waals surface area (Å²) in [7, 11) is 0. The number of nitrogens with zero attached hydrogens (tertiary/aromatic N) is 3. The Balaban J connectivity index is 1.79. The Labute approximate surface area is 237 Å². The van der Waals surface area contributed by atoms with Crippen LogP contribution in [-0.4, -0.2) is 40.3 Å². The van der Waals surface area contributed by atoms with E-state index in [4.69, 9.17) is 16.3 Å². The molecule has 0 saturated heterocycles. The molecule has 0 fully saturated rings. The van der Waals surface area contributed by atoms with Crippen molar-refractivity contribution in [3.8, 4) is 5.75 Å². The van der Waals surface area contributed by atoms with Crippen molar-refractivity contribution in [2.24, 2.45) is 0 Å². The SMILES string of the molecule is CCCC(=O)Oc1c2n(ccc1=O)N([C@@H]1c3ccccc3SCc3cccc(Cl)c31)CN([C@H](C)C(F)(F)F)C2=O. The van der Waals surface area contributed by atoms with Crippen molar-refractivity contribution in [3.05, 3.63) is 92.4 Å². The van der Waals surface area contributed by atoms with E-state index in [0.29, 0.717) is 27.7 Å². The van der Waals surface area contributed by atoms with Crippen molar-refractivity contribution >= 4 is 35.2 Å². The third-order valence-corrected chi connectivity index (χ3v) is 8.46. The van der Waals surface area contributed by atoms with Crippen LogP contribution in [0.2, 0.25) is 5.02 Å². The molecule has 3 aromatic rings. The molecule has 0 spiro atoms. The predicted octanol–water partition coefficient (Wildman–Crippen LogP) is 5.90. The van der Waals surface area contributed by atoms with Gasteiger partial charge in [-0.1, -0.05) is 48.9 Å². The van der Waals surface area contributed by atoms with E-state index < -0.39 is 53.7 Å². The summed E-state index contributed by atoms with van der Waals surface area (Å²) in [6.45, 7) is 2.14. The van der Waals surface area contributed by atoms with Crippen LogP contribution >= 0.6 is 23.4 Å². The first kappa shape index (κ1) is 28.1. The van der Waals surface area contributed by atoms with Gasteiger partial charge in [0.25, 0.3) is 5.91 Å². The summed E-state index contributed by atoms with van der Waals surface area (Å²) < 4.78 is 48.8. The molecule has 2 atom stereocenters. The number of hydrogen-bond acceptors (Lipinski definition) is 6. The van der Waals surface area contributed by atoms with Crippen LogP contribution in [-0.2, 0) is 10.5 Å². The quantitative estimate of drug-likeness (QED) is 0.344. The van der Waals surface area contributed by atoms with Crippen LogP contribution in [0, 0.1) is 0 Å². The van der Waals surface area contributed by atoms with Gasteiger partial charge in [-0.2, -0.15) is 13.2 Å². The highest BCUT2D eigenvalue weighted by molar-refractivity contribution is 7.98. The lowest BCUT2D eigenvalue weighted by molar-refractivity contribution is -0.173. The van der Waals surface area contributed by atoms with Gasteiger partial charge in [-0.3, -0.25) is 24.1 Å². The van der Waals surface area contributed by atoms with Crippen molar-refractivity contribution in [1.29, 1.82) is 0 Å². The Morgan fingerprint density at radius 2 is 1.90 bits per heavy atom.